The van der Waals surface area contributed by atoms with Gasteiger partial charge in [-0.15, -0.1) is 0 Å². The molecule has 4 nitrogen and oxygen atoms in total. The fourth-order valence-corrected chi connectivity index (χ4v) is 2.59. The maximum Gasteiger partial charge on any atom is 0.141 e. The summed E-state index contributed by atoms with van der Waals surface area (Å²) in [6, 6.07) is 8.08. The maximum absolute atomic E-state index is 6.18. The van der Waals surface area contributed by atoms with E-state index in [-0.39, 0.29) is 0 Å². The molecule has 0 radical (unpaired) electrons. The third-order valence-corrected chi connectivity index (χ3v) is 3.80. The van der Waals surface area contributed by atoms with E-state index in [1.165, 1.54) is 11.9 Å². The van der Waals surface area contributed by atoms with Crippen LogP contribution >= 0.6 is 11.6 Å². The zero-order valence-electron chi connectivity index (χ0n) is 11.8. The number of benzene rings is 1. The highest BCUT2D eigenvalue weighted by atomic mass is 35.5. The maximum atomic E-state index is 6.18. The van der Waals surface area contributed by atoms with Crippen molar-refractivity contribution in [1.82, 2.24) is 9.97 Å². The molecular weight excluding hydrogens is 286 g/mol. The predicted molar refractivity (Wildman–Crippen MR) is 84.7 cm³/mol. The molecule has 0 atom stereocenters. The first-order valence-electron chi connectivity index (χ1n) is 6.83. The summed E-state index contributed by atoms with van der Waals surface area (Å²) in [5.41, 5.74) is 2.10. The molecule has 3 rings (SSSR count). The van der Waals surface area contributed by atoms with Crippen LogP contribution in [-0.2, 0) is 6.54 Å². The van der Waals surface area contributed by atoms with Crippen molar-refractivity contribution in [3.63, 3.8) is 0 Å². The van der Waals surface area contributed by atoms with Crippen molar-refractivity contribution in [3.05, 3.63) is 52.9 Å². The molecule has 2 aromatic rings. The van der Waals surface area contributed by atoms with Crippen LogP contribution in [0.15, 0.2) is 36.7 Å². The summed E-state index contributed by atoms with van der Waals surface area (Å²) in [6.45, 7) is 1.69. The molecule has 0 aliphatic carbocycles. The molecule has 0 fully saturated rings. The molecule has 1 aromatic carbocycles. The van der Waals surface area contributed by atoms with Crippen molar-refractivity contribution < 1.29 is 4.74 Å². The van der Waals surface area contributed by atoms with E-state index < -0.39 is 0 Å². The van der Waals surface area contributed by atoms with E-state index in [0.29, 0.717) is 5.15 Å². The van der Waals surface area contributed by atoms with Gasteiger partial charge in [0.2, 0.25) is 0 Å². The van der Waals surface area contributed by atoms with Gasteiger partial charge in [-0.1, -0.05) is 35.9 Å². The zero-order valence-corrected chi connectivity index (χ0v) is 12.5. The van der Waals surface area contributed by atoms with Crippen LogP contribution in [0.1, 0.15) is 17.5 Å². The second-order valence-corrected chi connectivity index (χ2v) is 5.22. The summed E-state index contributed by atoms with van der Waals surface area (Å²) in [7, 11) is 1.67. The molecule has 0 bridgehead atoms. The van der Waals surface area contributed by atoms with E-state index in [2.05, 4.69) is 33.1 Å². The lowest BCUT2D eigenvalue weighted by Gasteiger charge is -2.23. The molecule has 1 aliphatic heterocycles. The second kappa shape index (κ2) is 6.14. The van der Waals surface area contributed by atoms with Crippen LogP contribution in [0.2, 0.25) is 5.15 Å². The molecule has 21 heavy (non-hydrogen) atoms. The van der Waals surface area contributed by atoms with E-state index in [4.69, 9.17) is 16.3 Å². The third-order valence-electron chi connectivity index (χ3n) is 3.50. The fraction of sp³-hybridized carbons (Fsp3) is 0.250. The normalized spacial score (nSPS) is 13.7. The molecule has 0 unspecified atom stereocenters. The molecule has 0 saturated heterocycles. The van der Waals surface area contributed by atoms with Gasteiger partial charge in [-0.05, 0) is 24.1 Å². The molecule has 2 heterocycles. The Morgan fingerprint density at radius 3 is 2.81 bits per heavy atom. The third kappa shape index (κ3) is 3.00. The summed E-state index contributed by atoms with van der Waals surface area (Å²) in [4.78, 5) is 10.7. The van der Waals surface area contributed by atoms with Gasteiger partial charge in [0, 0.05) is 13.1 Å². The number of anilines is 1. The summed E-state index contributed by atoms with van der Waals surface area (Å²) >= 11 is 6.18. The van der Waals surface area contributed by atoms with E-state index in [9.17, 15) is 0 Å². The monoisotopic (exact) mass is 301 g/mol. The van der Waals surface area contributed by atoms with Crippen LogP contribution in [0.5, 0.6) is 5.75 Å². The standard InChI is InChI=1S/C16H16ClN3O/c1-21-13-7-5-12(6-8-13)10-20-9-3-2-4-14-15(17)18-11-19-16(14)20/h2,4-8,11H,3,9-10H2,1H3. The quantitative estimate of drug-likeness (QED) is 0.813. The summed E-state index contributed by atoms with van der Waals surface area (Å²) in [5, 5.41) is 0.498. The lowest BCUT2D eigenvalue weighted by atomic mass is 10.2. The Bertz CT molecular complexity index is 655. The Hall–Kier alpha value is -2.07. The van der Waals surface area contributed by atoms with Crippen LogP contribution in [0.25, 0.3) is 6.08 Å². The second-order valence-electron chi connectivity index (χ2n) is 4.86. The topological polar surface area (TPSA) is 38.2 Å². The van der Waals surface area contributed by atoms with E-state index >= 15 is 0 Å². The van der Waals surface area contributed by atoms with Gasteiger partial charge in [0.1, 0.15) is 23.0 Å². The van der Waals surface area contributed by atoms with Crippen molar-refractivity contribution in [1.29, 1.82) is 0 Å². The number of ether oxygens (including phenoxy) is 1. The average Bonchev–Trinajstić information content (AvgIpc) is 2.72. The highest BCUT2D eigenvalue weighted by Crippen LogP contribution is 2.28. The minimum Gasteiger partial charge on any atom is -0.497 e. The molecule has 0 amide bonds. The molecule has 0 N–H and O–H groups in total. The minimum atomic E-state index is 0.498. The average molecular weight is 302 g/mol. The summed E-state index contributed by atoms with van der Waals surface area (Å²) < 4.78 is 5.19. The highest BCUT2D eigenvalue weighted by molar-refractivity contribution is 6.31. The smallest absolute Gasteiger partial charge is 0.141 e. The molecule has 108 valence electrons. The van der Waals surface area contributed by atoms with Gasteiger partial charge in [0.05, 0.1) is 12.7 Å². The largest absolute Gasteiger partial charge is 0.497 e. The number of hydrogen-bond donors (Lipinski definition) is 0. The van der Waals surface area contributed by atoms with Crippen molar-refractivity contribution in [2.75, 3.05) is 18.6 Å². The lowest BCUT2D eigenvalue weighted by molar-refractivity contribution is 0.414. The van der Waals surface area contributed by atoms with Crippen molar-refractivity contribution >= 4 is 23.5 Å². The van der Waals surface area contributed by atoms with Crippen molar-refractivity contribution in [3.8, 4) is 5.75 Å². The fourth-order valence-electron chi connectivity index (χ4n) is 2.40. The van der Waals surface area contributed by atoms with Gasteiger partial charge in [0.25, 0.3) is 0 Å². The number of methoxy groups -OCH3 is 1. The van der Waals surface area contributed by atoms with Gasteiger partial charge < -0.3 is 9.64 Å². The Morgan fingerprint density at radius 2 is 2.05 bits per heavy atom. The van der Waals surface area contributed by atoms with Crippen molar-refractivity contribution in [2.45, 2.75) is 13.0 Å². The van der Waals surface area contributed by atoms with Gasteiger partial charge in [-0.3, -0.25) is 0 Å². The molecule has 1 aliphatic rings. The first kappa shape index (κ1) is 13.9. The van der Waals surface area contributed by atoms with E-state index in [1.807, 2.05) is 18.2 Å². The number of fused-ring (bicyclic) bond motifs is 1. The Labute approximate surface area is 129 Å². The SMILES string of the molecule is COc1ccc(CN2CCC=Cc3c(Cl)ncnc32)cc1. The van der Waals surface area contributed by atoms with Crippen LogP contribution in [-0.4, -0.2) is 23.6 Å². The summed E-state index contributed by atoms with van der Waals surface area (Å²) in [5.74, 6) is 1.75. The van der Waals surface area contributed by atoms with Crippen LogP contribution in [0.3, 0.4) is 0 Å². The Balaban J connectivity index is 1.88. The van der Waals surface area contributed by atoms with Crippen LogP contribution < -0.4 is 9.64 Å². The van der Waals surface area contributed by atoms with E-state index in [1.54, 1.807) is 7.11 Å². The minimum absolute atomic E-state index is 0.498. The van der Waals surface area contributed by atoms with Crippen LogP contribution in [0.4, 0.5) is 5.82 Å². The number of aromatic nitrogens is 2. The number of halogens is 1. The molecule has 0 saturated carbocycles. The van der Waals surface area contributed by atoms with Crippen LogP contribution in [0, 0.1) is 0 Å². The number of hydrogen-bond acceptors (Lipinski definition) is 4. The molecule has 0 spiro atoms. The zero-order chi connectivity index (χ0) is 14.7. The van der Waals surface area contributed by atoms with E-state index in [0.717, 1.165) is 36.6 Å². The molecule has 5 heteroatoms. The molecule has 1 aromatic heterocycles. The van der Waals surface area contributed by atoms with Gasteiger partial charge >= 0.3 is 0 Å². The summed E-state index contributed by atoms with van der Waals surface area (Å²) in [6.07, 6.45) is 6.60. The van der Waals surface area contributed by atoms with Crippen molar-refractivity contribution in [2.24, 2.45) is 0 Å². The Kier molecular flexibility index (Phi) is 4.06. The molecular formula is C16H16ClN3O. The lowest BCUT2D eigenvalue weighted by Crippen LogP contribution is -2.24. The first-order valence-corrected chi connectivity index (χ1v) is 7.20. The van der Waals surface area contributed by atoms with Gasteiger partial charge in [0.15, 0.2) is 0 Å². The highest BCUT2D eigenvalue weighted by Gasteiger charge is 2.17. The number of rotatable bonds is 3. The Morgan fingerprint density at radius 1 is 1.24 bits per heavy atom. The predicted octanol–water partition coefficient (Wildman–Crippen LogP) is 3.56. The van der Waals surface area contributed by atoms with Gasteiger partial charge in [-0.2, -0.15) is 0 Å². The first-order chi connectivity index (χ1) is 10.3. The number of nitrogens with zero attached hydrogens (tertiary/aromatic N) is 3. The van der Waals surface area contributed by atoms with Gasteiger partial charge in [-0.25, -0.2) is 9.97 Å².